The third-order valence-corrected chi connectivity index (χ3v) is 7.03. The Hall–Kier alpha value is -2.59. The van der Waals surface area contributed by atoms with Gasteiger partial charge in [0.05, 0.1) is 32.1 Å². The molecule has 2 aromatic rings. The molecule has 190 valence electrons. The Morgan fingerprint density at radius 2 is 1.80 bits per heavy atom. The maximum absolute atomic E-state index is 11.6. The van der Waals surface area contributed by atoms with Crippen molar-refractivity contribution in [2.75, 3.05) is 21.3 Å². The third kappa shape index (κ3) is 8.54. The molecular weight excluding hydrogens is 486 g/mol. The van der Waals surface area contributed by atoms with Crippen LogP contribution < -0.4 is 0 Å². The number of aromatic nitrogens is 2. The van der Waals surface area contributed by atoms with Crippen LogP contribution in [0.3, 0.4) is 0 Å². The summed E-state index contributed by atoms with van der Waals surface area (Å²) < 4.78 is 15.6. The quantitative estimate of drug-likeness (QED) is 0.128. The van der Waals surface area contributed by atoms with Gasteiger partial charge < -0.3 is 19.3 Å². The molecule has 0 aromatic carbocycles. The normalized spacial score (nSPS) is 16.3. The summed E-state index contributed by atoms with van der Waals surface area (Å²) in [5.74, 6) is 0.207. The van der Waals surface area contributed by atoms with Crippen molar-refractivity contribution in [2.24, 2.45) is 11.8 Å². The molecule has 2 aromatic heterocycles. The molecule has 0 saturated heterocycles. The Morgan fingerprint density at radius 3 is 2.43 bits per heavy atom. The summed E-state index contributed by atoms with van der Waals surface area (Å²) in [6.45, 7) is 7.82. The fourth-order valence-corrected chi connectivity index (χ4v) is 4.71. The Balaban J connectivity index is 2.14. The predicted octanol–water partition coefficient (Wildman–Crippen LogP) is 5.61. The van der Waals surface area contributed by atoms with Gasteiger partial charge in [0, 0.05) is 23.8 Å². The molecule has 0 aliphatic rings. The summed E-state index contributed by atoms with van der Waals surface area (Å²) in [4.78, 5) is 20.9. The van der Waals surface area contributed by atoms with Gasteiger partial charge in [-0.05, 0) is 25.0 Å². The lowest BCUT2D eigenvalue weighted by Gasteiger charge is -2.21. The lowest BCUT2D eigenvalue weighted by molar-refractivity contribution is -0.135. The van der Waals surface area contributed by atoms with Gasteiger partial charge in [0.15, 0.2) is 0 Å². The molecule has 2 rings (SSSR count). The van der Waals surface area contributed by atoms with E-state index in [9.17, 15) is 9.90 Å². The van der Waals surface area contributed by atoms with Crippen LogP contribution >= 0.6 is 22.7 Å². The van der Waals surface area contributed by atoms with Crippen molar-refractivity contribution in [2.45, 2.75) is 39.4 Å². The van der Waals surface area contributed by atoms with Crippen molar-refractivity contribution in [1.29, 1.82) is 0 Å². The highest BCUT2D eigenvalue weighted by atomic mass is 32.1. The van der Waals surface area contributed by atoms with E-state index < -0.39 is 11.6 Å². The molecular formula is C26H34N2O5S2. The number of hydrogen-bond donors (Lipinski definition) is 1. The highest BCUT2D eigenvalue weighted by Crippen LogP contribution is 2.31. The smallest absolute Gasteiger partial charge is 0.333 e. The Kier molecular flexibility index (Phi) is 11.0. The molecule has 3 atom stereocenters. The molecule has 0 aliphatic carbocycles. The van der Waals surface area contributed by atoms with E-state index in [0.29, 0.717) is 16.7 Å². The highest BCUT2D eigenvalue weighted by Gasteiger charge is 2.24. The van der Waals surface area contributed by atoms with Gasteiger partial charge in [0.2, 0.25) is 0 Å². The van der Waals surface area contributed by atoms with Crippen LogP contribution in [0, 0.1) is 11.8 Å². The van der Waals surface area contributed by atoms with Crippen molar-refractivity contribution < 1.29 is 24.1 Å². The molecule has 35 heavy (non-hydrogen) atoms. The summed E-state index contributed by atoms with van der Waals surface area (Å²) in [5, 5.41) is 16.0. The minimum atomic E-state index is -1.16. The van der Waals surface area contributed by atoms with Crippen molar-refractivity contribution >= 4 is 34.7 Å². The number of hydrogen-bond acceptors (Lipinski definition) is 9. The Labute approximate surface area is 215 Å². The van der Waals surface area contributed by atoms with Gasteiger partial charge in [-0.2, -0.15) is 0 Å². The second kappa shape index (κ2) is 13.5. The average molecular weight is 521 g/mol. The number of aliphatic hydroxyl groups is 1. The van der Waals surface area contributed by atoms with E-state index in [0.717, 1.165) is 16.4 Å². The average Bonchev–Trinajstić information content (AvgIpc) is 3.50. The second-order valence-electron chi connectivity index (χ2n) is 8.37. The number of ether oxygens (including phenoxy) is 3. The first-order valence-corrected chi connectivity index (χ1v) is 12.9. The fraction of sp³-hybridized carbons (Fsp3) is 0.423. The summed E-state index contributed by atoms with van der Waals surface area (Å²) >= 11 is 2.87. The van der Waals surface area contributed by atoms with Gasteiger partial charge in [-0.15, -0.1) is 22.7 Å². The first kappa shape index (κ1) is 28.6. The standard InChI is InChI=1S/C26H34N2O5S2/c1-17(2)10-8-9-13-26(4,30)25-28-20(16-35-25)24-27-19(15-34-24)11-12-21(31-5)18(3)22(32-6)14-23(29)33-7/h8-18,21,30H,1-7H3/b10-8+,12-11+,13-9+,22-14+/t18-,21+,26?/m1/s1/i30+2. The number of carbonyl (C=O) groups is 1. The Morgan fingerprint density at radius 1 is 1.06 bits per heavy atom. The van der Waals surface area contributed by atoms with E-state index in [1.165, 1.54) is 43.0 Å². The molecule has 0 fully saturated rings. The van der Waals surface area contributed by atoms with Crippen molar-refractivity contribution in [1.82, 2.24) is 9.97 Å². The molecule has 1 N–H and O–H groups in total. The van der Waals surface area contributed by atoms with E-state index in [4.69, 9.17) is 9.47 Å². The van der Waals surface area contributed by atoms with Gasteiger partial charge in [-0.1, -0.05) is 45.1 Å². The molecule has 2 heterocycles. The van der Waals surface area contributed by atoms with Gasteiger partial charge in [0.1, 0.15) is 27.1 Å². The van der Waals surface area contributed by atoms with Crippen LogP contribution in [-0.2, 0) is 24.6 Å². The summed E-state index contributed by atoms with van der Waals surface area (Å²) in [7, 11) is 4.42. The molecule has 9 heteroatoms. The zero-order valence-corrected chi connectivity index (χ0v) is 22.9. The first-order valence-electron chi connectivity index (χ1n) is 11.2. The van der Waals surface area contributed by atoms with Crippen LogP contribution in [0.15, 0.2) is 53.0 Å². The van der Waals surface area contributed by atoms with Gasteiger partial charge >= 0.3 is 5.97 Å². The van der Waals surface area contributed by atoms with Crippen LogP contribution in [0.4, 0.5) is 0 Å². The monoisotopic (exact) mass is 520 g/mol. The van der Waals surface area contributed by atoms with Gasteiger partial charge in [0.25, 0.3) is 0 Å². The fourth-order valence-electron chi connectivity index (χ4n) is 3.04. The highest BCUT2D eigenvalue weighted by molar-refractivity contribution is 7.14. The molecule has 0 amide bonds. The summed E-state index contributed by atoms with van der Waals surface area (Å²) in [5.41, 5.74) is 0.318. The molecule has 0 spiro atoms. The molecule has 0 aliphatic heterocycles. The number of methoxy groups -OCH3 is 3. The zero-order chi connectivity index (χ0) is 26.0. The Bertz CT molecular complexity index is 1080. The van der Waals surface area contributed by atoms with E-state index in [2.05, 4.69) is 34.6 Å². The molecule has 0 radical (unpaired) electrons. The number of nitrogens with zero attached hydrogens (tertiary/aromatic N) is 2. The predicted molar refractivity (Wildman–Crippen MR) is 142 cm³/mol. The minimum absolute atomic E-state index is 0.217. The van der Waals surface area contributed by atoms with Crippen molar-refractivity contribution in [3.8, 4) is 10.7 Å². The van der Waals surface area contributed by atoms with Gasteiger partial charge in [-0.3, -0.25) is 0 Å². The van der Waals surface area contributed by atoms with Crippen molar-refractivity contribution in [3.05, 3.63) is 63.7 Å². The van der Waals surface area contributed by atoms with E-state index in [1.54, 1.807) is 20.1 Å². The number of allylic oxidation sites excluding steroid dienone is 3. The van der Waals surface area contributed by atoms with Crippen molar-refractivity contribution in [3.63, 3.8) is 0 Å². The molecule has 0 bridgehead atoms. The molecule has 0 saturated carbocycles. The van der Waals surface area contributed by atoms with Crippen LogP contribution in [0.5, 0.6) is 0 Å². The number of thiazole rings is 2. The molecule has 1 unspecified atom stereocenters. The van der Waals surface area contributed by atoms with Crippen LogP contribution in [0.2, 0.25) is 0 Å². The van der Waals surface area contributed by atoms with Crippen LogP contribution in [0.25, 0.3) is 16.8 Å². The minimum Gasteiger partial charge on any atom is -0.500 e. The number of carbonyl (C=O) groups excluding carboxylic acids is 1. The first-order chi connectivity index (χ1) is 16.6. The lowest BCUT2D eigenvalue weighted by Crippen LogP contribution is -2.21. The molecule has 7 nitrogen and oxygen atoms in total. The van der Waals surface area contributed by atoms with E-state index >= 15 is 0 Å². The van der Waals surface area contributed by atoms with Crippen LogP contribution in [-0.4, -0.2) is 48.5 Å². The third-order valence-electron chi connectivity index (χ3n) is 5.07. The lowest BCUT2D eigenvalue weighted by atomic mass is 10.0. The number of rotatable bonds is 12. The van der Waals surface area contributed by atoms with Crippen LogP contribution in [0.1, 0.15) is 38.4 Å². The summed E-state index contributed by atoms with van der Waals surface area (Å²) in [6, 6.07) is 0. The maximum Gasteiger partial charge on any atom is 0.333 e. The number of esters is 1. The topological polar surface area (TPSA) is 90.8 Å². The van der Waals surface area contributed by atoms with Gasteiger partial charge in [-0.25, -0.2) is 14.8 Å². The van der Waals surface area contributed by atoms with E-state index in [-0.39, 0.29) is 12.0 Å². The SMILES string of the molecule is COC(=O)/C=C(/OC)[C@H](C)[C@H](/C=C/c1csc(-c2csc(C(C)([18OH])/C=C/C=C/C(C)C)n2)n1)OC. The largest absolute Gasteiger partial charge is 0.500 e. The second-order valence-corrected chi connectivity index (χ2v) is 10.1. The van der Waals surface area contributed by atoms with E-state index in [1.807, 2.05) is 42.0 Å². The maximum atomic E-state index is 11.6. The zero-order valence-electron chi connectivity index (χ0n) is 21.2. The summed E-state index contributed by atoms with van der Waals surface area (Å²) in [6.07, 6.45) is 12.3.